The number of phenols is 1. The number of hydrogen-bond donors (Lipinski definition) is 1. The van der Waals surface area contributed by atoms with Crippen molar-refractivity contribution in [1.82, 2.24) is 4.98 Å². The molecule has 1 N–H and O–H groups in total. The fourth-order valence-electron chi connectivity index (χ4n) is 1.59. The molecule has 0 unspecified atom stereocenters. The molecule has 0 fully saturated rings. The Morgan fingerprint density at radius 1 is 1.29 bits per heavy atom. The summed E-state index contributed by atoms with van der Waals surface area (Å²) in [4.78, 5) is 3.65. The highest BCUT2D eigenvalue weighted by Crippen LogP contribution is 2.38. The van der Waals surface area contributed by atoms with Gasteiger partial charge in [-0.05, 0) is 24.6 Å². The van der Waals surface area contributed by atoms with Gasteiger partial charge < -0.3 is 9.52 Å². The quantitative estimate of drug-likeness (QED) is 0.835. The van der Waals surface area contributed by atoms with Gasteiger partial charge in [-0.25, -0.2) is 4.98 Å². The summed E-state index contributed by atoms with van der Waals surface area (Å²) in [5.74, 6) is -0.247. The largest absolute Gasteiger partial charge is 0.507 e. The number of aryl methyl sites for hydroxylation is 1. The van der Waals surface area contributed by atoms with Gasteiger partial charge in [0, 0.05) is 0 Å². The molecule has 1 aromatic carbocycles. The molecule has 0 radical (unpaired) electrons. The van der Waals surface area contributed by atoms with Crippen LogP contribution in [0.15, 0.2) is 29.1 Å². The van der Waals surface area contributed by atoms with E-state index in [4.69, 9.17) is 4.42 Å². The molecule has 0 aliphatic rings. The molecule has 1 aromatic heterocycles. The van der Waals surface area contributed by atoms with Crippen molar-refractivity contribution in [2.24, 2.45) is 0 Å². The summed E-state index contributed by atoms with van der Waals surface area (Å²) in [5.41, 5.74) is -0.402. The summed E-state index contributed by atoms with van der Waals surface area (Å²) >= 11 is 0. The lowest BCUT2D eigenvalue weighted by Crippen LogP contribution is -2.05. The Balaban J connectivity index is 2.58. The van der Waals surface area contributed by atoms with E-state index in [1.165, 1.54) is 13.1 Å². The smallest absolute Gasteiger partial charge is 0.416 e. The maximum atomic E-state index is 12.5. The Morgan fingerprint density at radius 2 is 2.00 bits per heavy atom. The first-order valence-electron chi connectivity index (χ1n) is 4.69. The lowest BCUT2D eigenvalue weighted by molar-refractivity contribution is -0.137. The number of aromatic hydroxyl groups is 1. The van der Waals surface area contributed by atoms with Gasteiger partial charge >= 0.3 is 6.18 Å². The standard InChI is InChI=1S/C11H8F3NO2/c1-6-2-7(11(12,13)14)3-8(16)10(6)9-4-15-5-17-9/h2-5,16H,1H3. The van der Waals surface area contributed by atoms with Gasteiger partial charge in [-0.2, -0.15) is 13.2 Å². The lowest BCUT2D eigenvalue weighted by atomic mass is 10.0. The number of nitrogens with zero attached hydrogens (tertiary/aromatic N) is 1. The van der Waals surface area contributed by atoms with Crippen LogP contribution < -0.4 is 0 Å². The minimum Gasteiger partial charge on any atom is -0.507 e. The molecule has 0 aliphatic heterocycles. The first kappa shape index (κ1) is 11.5. The molecule has 2 aromatic rings. The topological polar surface area (TPSA) is 46.3 Å². The van der Waals surface area contributed by atoms with E-state index in [1.54, 1.807) is 0 Å². The monoisotopic (exact) mass is 243 g/mol. The van der Waals surface area contributed by atoms with E-state index >= 15 is 0 Å². The van der Waals surface area contributed by atoms with E-state index in [-0.39, 0.29) is 16.9 Å². The number of halogens is 3. The van der Waals surface area contributed by atoms with Crippen LogP contribution in [0.5, 0.6) is 5.75 Å². The number of rotatable bonds is 1. The number of benzene rings is 1. The van der Waals surface area contributed by atoms with Crippen LogP contribution in [0.2, 0.25) is 0 Å². The molecule has 3 nitrogen and oxygen atoms in total. The molecule has 0 spiro atoms. The second-order valence-corrected chi connectivity index (χ2v) is 3.55. The van der Waals surface area contributed by atoms with Crippen molar-refractivity contribution in [3.05, 3.63) is 35.9 Å². The average molecular weight is 243 g/mol. The maximum absolute atomic E-state index is 12.5. The molecular formula is C11H8F3NO2. The van der Waals surface area contributed by atoms with E-state index in [2.05, 4.69) is 4.98 Å². The van der Waals surface area contributed by atoms with Crippen molar-refractivity contribution < 1.29 is 22.7 Å². The van der Waals surface area contributed by atoms with Crippen molar-refractivity contribution >= 4 is 0 Å². The first-order valence-corrected chi connectivity index (χ1v) is 4.69. The molecule has 0 atom stereocenters. The van der Waals surface area contributed by atoms with Crippen LogP contribution in [0.4, 0.5) is 13.2 Å². The number of hydrogen-bond acceptors (Lipinski definition) is 3. The molecule has 6 heteroatoms. The minimum absolute atomic E-state index is 0.218. The molecule has 0 amide bonds. The maximum Gasteiger partial charge on any atom is 0.416 e. The van der Waals surface area contributed by atoms with E-state index in [1.807, 2.05) is 0 Å². The number of oxazole rings is 1. The molecule has 0 saturated heterocycles. The minimum atomic E-state index is -4.48. The Hall–Kier alpha value is -1.98. The van der Waals surface area contributed by atoms with Gasteiger partial charge in [-0.15, -0.1) is 0 Å². The number of aromatic nitrogens is 1. The molecule has 2 rings (SSSR count). The van der Waals surface area contributed by atoms with Crippen LogP contribution >= 0.6 is 0 Å². The van der Waals surface area contributed by atoms with Crippen molar-refractivity contribution in [1.29, 1.82) is 0 Å². The van der Waals surface area contributed by atoms with Crippen molar-refractivity contribution in [2.75, 3.05) is 0 Å². The highest BCUT2D eigenvalue weighted by Gasteiger charge is 2.32. The summed E-state index contributed by atoms with van der Waals surface area (Å²) in [5, 5.41) is 9.62. The van der Waals surface area contributed by atoms with Gasteiger partial charge in [-0.3, -0.25) is 0 Å². The van der Waals surface area contributed by atoms with Crippen LogP contribution in [0.25, 0.3) is 11.3 Å². The van der Waals surface area contributed by atoms with E-state index in [0.29, 0.717) is 6.07 Å². The van der Waals surface area contributed by atoms with Crippen molar-refractivity contribution in [3.63, 3.8) is 0 Å². The Morgan fingerprint density at radius 3 is 2.47 bits per heavy atom. The Kier molecular flexibility index (Phi) is 2.57. The lowest BCUT2D eigenvalue weighted by Gasteiger charge is -2.11. The molecule has 0 saturated carbocycles. The van der Waals surface area contributed by atoms with E-state index in [0.717, 1.165) is 12.5 Å². The Labute approximate surface area is 94.5 Å². The van der Waals surface area contributed by atoms with Gasteiger partial charge in [-0.1, -0.05) is 0 Å². The van der Waals surface area contributed by atoms with Crippen LogP contribution in [0, 0.1) is 6.92 Å². The third-order valence-electron chi connectivity index (χ3n) is 2.32. The summed E-state index contributed by atoms with van der Waals surface area (Å²) in [6, 6.07) is 1.63. The predicted octanol–water partition coefficient (Wildman–Crippen LogP) is 3.37. The van der Waals surface area contributed by atoms with Crippen molar-refractivity contribution in [3.8, 4) is 17.1 Å². The van der Waals surface area contributed by atoms with Gasteiger partial charge in [0.15, 0.2) is 12.2 Å². The first-order chi connectivity index (χ1) is 7.89. The second kappa shape index (κ2) is 3.80. The zero-order chi connectivity index (χ0) is 12.6. The van der Waals surface area contributed by atoms with Crippen molar-refractivity contribution in [2.45, 2.75) is 13.1 Å². The molecule has 0 aliphatic carbocycles. The number of alkyl halides is 3. The SMILES string of the molecule is Cc1cc(C(F)(F)F)cc(O)c1-c1cnco1. The third kappa shape index (κ3) is 2.11. The number of phenolic OH excluding ortho intramolecular Hbond substituents is 1. The molecule has 90 valence electrons. The highest BCUT2D eigenvalue weighted by atomic mass is 19.4. The van der Waals surface area contributed by atoms with E-state index < -0.39 is 17.5 Å². The molecular weight excluding hydrogens is 235 g/mol. The van der Waals surface area contributed by atoms with Gasteiger partial charge in [0.2, 0.25) is 0 Å². The fourth-order valence-corrected chi connectivity index (χ4v) is 1.59. The zero-order valence-electron chi connectivity index (χ0n) is 8.75. The van der Waals surface area contributed by atoms with E-state index in [9.17, 15) is 18.3 Å². The molecule has 1 heterocycles. The van der Waals surface area contributed by atoms with Crippen LogP contribution in [0.1, 0.15) is 11.1 Å². The van der Waals surface area contributed by atoms with Crippen LogP contribution in [-0.4, -0.2) is 10.1 Å². The third-order valence-corrected chi connectivity index (χ3v) is 2.32. The zero-order valence-corrected chi connectivity index (χ0v) is 8.75. The average Bonchev–Trinajstić information content (AvgIpc) is 2.68. The van der Waals surface area contributed by atoms with Gasteiger partial charge in [0.25, 0.3) is 0 Å². The summed E-state index contributed by atoms with van der Waals surface area (Å²) < 4.78 is 42.4. The van der Waals surface area contributed by atoms with Crippen LogP contribution in [0.3, 0.4) is 0 Å². The summed E-state index contributed by atoms with van der Waals surface area (Å²) in [7, 11) is 0. The molecule has 17 heavy (non-hydrogen) atoms. The second-order valence-electron chi connectivity index (χ2n) is 3.55. The van der Waals surface area contributed by atoms with Gasteiger partial charge in [0.1, 0.15) is 5.75 Å². The predicted molar refractivity (Wildman–Crippen MR) is 53.3 cm³/mol. The summed E-state index contributed by atoms with van der Waals surface area (Å²) in [6.07, 6.45) is -2.01. The highest BCUT2D eigenvalue weighted by molar-refractivity contribution is 5.69. The van der Waals surface area contributed by atoms with Crippen LogP contribution in [-0.2, 0) is 6.18 Å². The molecule has 0 bridgehead atoms. The Bertz CT molecular complexity index is 509. The normalized spacial score (nSPS) is 11.8. The van der Waals surface area contributed by atoms with Gasteiger partial charge in [0.05, 0.1) is 17.3 Å². The summed E-state index contributed by atoms with van der Waals surface area (Å²) in [6.45, 7) is 1.47. The fraction of sp³-hybridized carbons (Fsp3) is 0.182.